The zero-order chi connectivity index (χ0) is 11.8. The van der Waals surface area contributed by atoms with Gasteiger partial charge in [0.2, 0.25) is 0 Å². The van der Waals surface area contributed by atoms with E-state index in [1.807, 2.05) is 22.4 Å². The van der Waals surface area contributed by atoms with Gasteiger partial charge < -0.3 is 15.0 Å². The van der Waals surface area contributed by atoms with Crippen molar-refractivity contribution in [2.24, 2.45) is 0 Å². The normalized spacial score (nSPS) is 21.0. The van der Waals surface area contributed by atoms with Crippen molar-refractivity contribution < 1.29 is 0 Å². The highest BCUT2D eigenvalue weighted by Crippen LogP contribution is 2.26. The largest absolute Gasteiger partial charge is 0.382 e. The predicted octanol–water partition coefficient (Wildman–Crippen LogP) is 1.25. The maximum Gasteiger partial charge on any atom is 0.180 e. The van der Waals surface area contributed by atoms with Crippen LogP contribution in [-0.2, 0) is 0 Å². The van der Waals surface area contributed by atoms with E-state index in [4.69, 9.17) is 5.73 Å². The topological polar surface area (TPSA) is 59.5 Å². The molecule has 0 saturated carbocycles. The molecule has 1 fully saturated rings. The van der Waals surface area contributed by atoms with Gasteiger partial charge in [-0.2, -0.15) is 11.8 Å². The Morgan fingerprint density at radius 3 is 3.24 bits per heavy atom. The number of rotatable bonds is 1. The Labute approximate surface area is 104 Å². The monoisotopic (exact) mass is 249 g/mol. The van der Waals surface area contributed by atoms with Gasteiger partial charge in [-0.1, -0.05) is 0 Å². The molecule has 1 atom stereocenters. The standard InChI is InChI=1S/C11H15N5S/c1-8-7-17-5-4-16(8)11-10-13-2-3-15(10)6-9(12)14-11/h2-3,6,8H,4-5,7,12H2,1H3. The number of nitrogens with two attached hydrogens (primary N) is 1. The van der Waals surface area contributed by atoms with Gasteiger partial charge in [-0.05, 0) is 6.92 Å². The number of aromatic nitrogens is 3. The molecule has 5 nitrogen and oxygen atoms in total. The minimum absolute atomic E-state index is 0.476. The van der Waals surface area contributed by atoms with E-state index in [2.05, 4.69) is 21.8 Å². The molecule has 2 aromatic heterocycles. The lowest BCUT2D eigenvalue weighted by Crippen LogP contribution is -2.41. The van der Waals surface area contributed by atoms with Crippen molar-refractivity contribution in [1.29, 1.82) is 0 Å². The lowest BCUT2D eigenvalue weighted by Gasteiger charge is -2.34. The van der Waals surface area contributed by atoms with Gasteiger partial charge in [0.1, 0.15) is 5.82 Å². The SMILES string of the molecule is CC1CSCCN1c1nc(N)cn2ccnc12. The first-order valence-corrected chi connectivity index (χ1v) is 6.85. The molecule has 1 saturated heterocycles. The van der Waals surface area contributed by atoms with Crippen LogP contribution in [0.4, 0.5) is 11.6 Å². The van der Waals surface area contributed by atoms with E-state index < -0.39 is 0 Å². The molecule has 1 aliphatic heterocycles. The number of imidazole rings is 1. The third kappa shape index (κ3) is 1.82. The summed E-state index contributed by atoms with van der Waals surface area (Å²) >= 11 is 1.99. The van der Waals surface area contributed by atoms with E-state index in [1.54, 1.807) is 12.4 Å². The first-order valence-electron chi connectivity index (χ1n) is 5.69. The molecule has 3 heterocycles. The van der Waals surface area contributed by atoms with Crippen molar-refractivity contribution in [2.75, 3.05) is 28.7 Å². The van der Waals surface area contributed by atoms with E-state index in [9.17, 15) is 0 Å². The van der Waals surface area contributed by atoms with Crippen LogP contribution in [0.3, 0.4) is 0 Å². The number of nitrogen functional groups attached to an aromatic ring is 1. The number of anilines is 2. The predicted molar refractivity (Wildman–Crippen MR) is 71.5 cm³/mol. The smallest absolute Gasteiger partial charge is 0.180 e. The first-order chi connectivity index (χ1) is 8.25. The van der Waals surface area contributed by atoms with Crippen LogP contribution < -0.4 is 10.6 Å². The summed E-state index contributed by atoms with van der Waals surface area (Å²) in [6.07, 6.45) is 5.48. The quantitative estimate of drug-likeness (QED) is 0.824. The fraction of sp³-hybridized carbons (Fsp3) is 0.455. The molecule has 17 heavy (non-hydrogen) atoms. The molecule has 0 aliphatic carbocycles. The molecule has 0 amide bonds. The number of nitrogens with zero attached hydrogens (tertiary/aromatic N) is 4. The van der Waals surface area contributed by atoms with Crippen molar-refractivity contribution in [3.8, 4) is 0 Å². The molecule has 1 aliphatic rings. The van der Waals surface area contributed by atoms with Crippen LogP contribution in [0.25, 0.3) is 5.65 Å². The fourth-order valence-electron chi connectivity index (χ4n) is 2.17. The van der Waals surface area contributed by atoms with Crippen LogP contribution in [-0.4, -0.2) is 38.5 Å². The van der Waals surface area contributed by atoms with E-state index in [1.165, 1.54) is 0 Å². The van der Waals surface area contributed by atoms with E-state index in [-0.39, 0.29) is 0 Å². The van der Waals surface area contributed by atoms with Gasteiger partial charge in [0.15, 0.2) is 11.5 Å². The van der Waals surface area contributed by atoms with Crippen LogP contribution in [0.15, 0.2) is 18.6 Å². The lowest BCUT2D eigenvalue weighted by molar-refractivity contribution is 0.690. The molecular weight excluding hydrogens is 234 g/mol. The molecule has 0 radical (unpaired) electrons. The minimum atomic E-state index is 0.476. The summed E-state index contributed by atoms with van der Waals surface area (Å²) in [5.74, 6) is 3.70. The van der Waals surface area contributed by atoms with Gasteiger partial charge in [0.25, 0.3) is 0 Å². The Bertz CT molecular complexity index is 538. The summed E-state index contributed by atoms with van der Waals surface area (Å²) in [7, 11) is 0. The zero-order valence-electron chi connectivity index (χ0n) is 9.71. The lowest BCUT2D eigenvalue weighted by atomic mass is 10.3. The van der Waals surface area contributed by atoms with Gasteiger partial charge in [-0.3, -0.25) is 0 Å². The number of hydrogen-bond acceptors (Lipinski definition) is 5. The van der Waals surface area contributed by atoms with Gasteiger partial charge in [-0.25, -0.2) is 9.97 Å². The minimum Gasteiger partial charge on any atom is -0.382 e. The maximum absolute atomic E-state index is 5.84. The summed E-state index contributed by atoms with van der Waals surface area (Å²) in [6.45, 7) is 3.22. The van der Waals surface area contributed by atoms with Crippen LogP contribution >= 0.6 is 11.8 Å². The van der Waals surface area contributed by atoms with Crippen LogP contribution in [0.1, 0.15) is 6.92 Å². The van der Waals surface area contributed by atoms with Gasteiger partial charge in [-0.15, -0.1) is 0 Å². The molecule has 2 aromatic rings. The summed E-state index contributed by atoms with van der Waals surface area (Å²) in [6, 6.07) is 0.476. The Hall–Kier alpha value is -1.43. The molecule has 3 rings (SSSR count). The molecule has 0 spiro atoms. The van der Waals surface area contributed by atoms with Crippen molar-refractivity contribution in [3.05, 3.63) is 18.6 Å². The summed E-state index contributed by atoms with van der Waals surface area (Å²) in [5.41, 5.74) is 6.73. The average molecular weight is 249 g/mol. The first kappa shape index (κ1) is 10.7. The fourth-order valence-corrected chi connectivity index (χ4v) is 3.18. The highest BCUT2D eigenvalue weighted by molar-refractivity contribution is 7.99. The molecule has 1 unspecified atom stereocenters. The van der Waals surface area contributed by atoms with Gasteiger partial charge >= 0.3 is 0 Å². The summed E-state index contributed by atoms with van der Waals surface area (Å²) in [4.78, 5) is 11.1. The Balaban J connectivity index is 2.11. The van der Waals surface area contributed by atoms with Crippen molar-refractivity contribution in [1.82, 2.24) is 14.4 Å². The third-order valence-electron chi connectivity index (χ3n) is 3.01. The number of thioether (sulfide) groups is 1. The van der Waals surface area contributed by atoms with Crippen LogP contribution in [0, 0.1) is 0 Å². The Morgan fingerprint density at radius 2 is 2.41 bits per heavy atom. The molecule has 0 aromatic carbocycles. The molecule has 90 valence electrons. The van der Waals surface area contributed by atoms with Gasteiger partial charge in [0, 0.05) is 36.5 Å². The number of hydrogen-bond donors (Lipinski definition) is 1. The van der Waals surface area contributed by atoms with Crippen molar-refractivity contribution in [2.45, 2.75) is 13.0 Å². The molecule has 0 bridgehead atoms. The second-order valence-electron chi connectivity index (χ2n) is 4.26. The Morgan fingerprint density at radius 1 is 1.53 bits per heavy atom. The molecular formula is C11H15N5S. The van der Waals surface area contributed by atoms with Crippen LogP contribution in [0.2, 0.25) is 0 Å². The van der Waals surface area contributed by atoms with Crippen molar-refractivity contribution >= 4 is 29.0 Å². The summed E-state index contributed by atoms with van der Waals surface area (Å²) < 4.78 is 1.94. The average Bonchev–Trinajstić information content (AvgIpc) is 2.76. The van der Waals surface area contributed by atoms with Crippen molar-refractivity contribution in [3.63, 3.8) is 0 Å². The third-order valence-corrected chi connectivity index (χ3v) is 4.20. The second-order valence-corrected chi connectivity index (χ2v) is 5.41. The highest BCUT2D eigenvalue weighted by atomic mass is 32.2. The van der Waals surface area contributed by atoms with E-state index in [0.717, 1.165) is 29.5 Å². The van der Waals surface area contributed by atoms with E-state index >= 15 is 0 Å². The highest BCUT2D eigenvalue weighted by Gasteiger charge is 2.23. The Kier molecular flexibility index (Phi) is 2.58. The van der Waals surface area contributed by atoms with Crippen LogP contribution in [0.5, 0.6) is 0 Å². The second kappa shape index (κ2) is 4.10. The summed E-state index contributed by atoms with van der Waals surface area (Å²) in [5, 5.41) is 0. The zero-order valence-corrected chi connectivity index (χ0v) is 10.5. The van der Waals surface area contributed by atoms with Gasteiger partial charge in [0.05, 0.1) is 6.20 Å². The maximum atomic E-state index is 5.84. The molecule has 6 heteroatoms. The van der Waals surface area contributed by atoms with E-state index in [0.29, 0.717) is 11.9 Å². The molecule has 2 N–H and O–H groups in total. The number of fused-ring (bicyclic) bond motifs is 1.